The molecule has 0 fully saturated rings. The normalized spacial score (nSPS) is 10.3. The summed E-state index contributed by atoms with van der Waals surface area (Å²) in [6.45, 7) is 4.04. The van der Waals surface area contributed by atoms with Crippen molar-refractivity contribution in [2.45, 2.75) is 13.8 Å². The monoisotopic (exact) mass is 366 g/mol. The summed E-state index contributed by atoms with van der Waals surface area (Å²) in [5.41, 5.74) is 1.27. The molecule has 6 nitrogen and oxygen atoms in total. The van der Waals surface area contributed by atoms with Gasteiger partial charge in [0.1, 0.15) is 28.9 Å². The molecule has 7 heteroatoms. The van der Waals surface area contributed by atoms with Crippen LogP contribution in [0.15, 0.2) is 54.6 Å². The zero-order valence-corrected chi connectivity index (χ0v) is 15.0. The Morgan fingerprint density at radius 1 is 1.11 bits per heavy atom. The summed E-state index contributed by atoms with van der Waals surface area (Å²) in [5, 5.41) is 5.78. The Bertz CT molecular complexity index is 962. The fraction of sp³-hybridized carbons (Fsp3) is 0.150. The number of aryl methyl sites for hydroxylation is 1. The number of halogens is 1. The van der Waals surface area contributed by atoms with Crippen LogP contribution < -0.4 is 15.4 Å². The van der Waals surface area contributed by atoms with Crippen LogP contribution in [-0.4, -0.2) is 22.5 Å². The molecular formula is C20H19FN4O2. The number of nitrogens with zero attached hydrogens (tertiary/aromatic N) is 2. The van der Waals surface area contributed by atoms with Gasteiger partial charge in [-0.15, -0.1) is 0 Å². The van der Waals surface area contributed by atoms with Gasteiger partial charge in [0.25, 0.3) is 5.91 Å². The second-order valence-electron chi connectivity index (χ2n) is 5.70. The molecule has 27 heavy (non-hydrogen) atoms. The van der Waals surface area contributed by atoms with Gasteiger partial charge < -0.3 is 15.4 Å². The average molecular weight is 366 g/mol. The van der Waals surface area contributed by atoms with E-state index in [-0.39, 0.29) is 11.5 Å². The highest BCUT2D eigenvalue weighted by Gasteiger charge is 2.13. The van der Waals surface area contributed by atoms with E-state index in [2.05, 4.69) is 20.6 Å². The molecule has 2 aromatic carbocycles. The molecule has 138 valence electrons. The molecule has 0 aliphatic heterocycles. The van der Waals surface area contributed by atoms with Crippen LogP contribution in [0.4, 0.5) is 21.6 Å². The largest absolute Gasteiger partial charge is 0.492 e. The van der Waals surface area contributed by atoms with E-state index in [1.807, 2.05) is 13.0 Å². The predicted octanol–water partition coefficient (Wildman–Crippen LogP) is 4.32. The second-order valence-corrected chi connectivity index (χ2v) is 5.70. The van der Waals surface area contributed by atoms with E-state index in [0.29, 0.717) is 35.4 Å². The van der Waals surface area contributed by atoms with E-state index in [1.54, 1.807) is 37.3 Å². The van der Waals surface area contributed by atoms with E-state index in [9.17, 15) is 9.18 Å². The molecule has 1 heterocycles. The minimum Gasteiger partial charge on any atom is -0.492 e. The van der Waals surface area contributed by atoms with Gasteiger partial charge in [0, 0.05) is 11.8 Å². The van der Waals surface area contributed by atoms with Crippen molar-refractivity contribution in [3.8, 4) is 5.75 Å². The number of nitrogens with one attached hydrogen (secondary N) is 2. The van der Waals surface area contributed by atoms with Gasteiger partial charge in [-0.3, -0.25) is 4.79 Å². The number of amides is 1. The van der Waals surface area contributed by atoms with Crippen molar-refractivity contribution in [2.75, 3.05) is 17.2 Å². The molecule has 3 rings (SSSR count). The van der Waals surface area contributed by atoms with Crippen LogP contribution in [0.1, 0.15) is 23.2 Å². The maximum atomic E-state index is 13.4. The molecule has 0 unspecified atom stereocenters. The van der Waals surface area contributed by atoms with Crippen molar-refractivity contribution < 1.29 is 13.9 Å². The van der Waals surface area contributed by atoms with Crippen LogP contribution >= 0.6 is 0 Å². The number of benzene rings is 2. The zero-order chi connectivity index (χ0) is 19.2. The molecule has 0 bridgehead atoms. The number of hydrogen-bond acceptors (Lipinski definition) is 5. The topological polar surface area (TPSA) is 76.1 Å². The Hall–Kier alpha value is -3.48. The number of aromatic nitrogens is 2. The number of rotatable bonds is 6. The molecule has 0 aliphatic rings. The van der Waals surface area contributed by atoms with Crippen LogP contribution in [0, 0.1) is 12.7 Å². The number of carbonyl (C=O) groups excluding carboxylic acids is 1. The predicted molar refractivity (Wildman–Crippen MR) is 102 cm³/mol. The van der Waals surface area contributed by atoms with Gasteiger partial charge in [-0.05, 0) is 44.2 Å². The molecule has 0 spiro atoms. The molecule has 3 aromatic rings. The third kappa shape index (κ3) is 4.78. The SMILES string of the molecule is CCOc1ccccc1NC(=O)c1cc(Nc2cccc(F)c2)nc(C)n1. The molecule has 0 saturated heterocycles. The highest BCUT2D eigenvalue weighted by atomic mass is 19.1. The number of para-hydroxylation sites is 2. The Morgan fingerprint density at radius 2 is 1.93 bits per heavy atom. The van der Waals surface area contributed by atoms with Gasteiger partial charge in [-0.2, -0.15) is 0 Å². The number of hydrogen-bond donors (Lipinski definition) is 2. The number of carbonyl (C=O) groups is 1. The molecule has 1 amide bonds. The van der Waals surface area contributed by atoms with Gasteiger partial charge in [-0.1, -0.05) is 18.2 Å². The standard InChI is InChI=1S/C20H19FN4O2/c1-3-27-18-10-5-4-9-16(18)25-20(26)17-12-19(23-13(2)22-17)24-15-8-6-7-14(21)11-15/h4-12H,3H2,1-2H3,(H,25,26)(H,22,23,24). The van der Waals surface area contributed by atoms with E-state index >= 15 is 0 Å². The molecule has 0 atom stereocenters. The van der Waals surface area contributed by atoms with Crippen LogP contribution in [0.25, 0.3) is 0 Å². The average Bonchev–Trinajstić information content (AvgIpc) is 2.63. The maximum Gasteiger partial charge on any atom is 0.274 e. The fourth-order valence-electron chi connectivity index (χ4n) is 2.50. The van der Waals surface area contributed by atoms with Crippen molar-refractivity contribution >= 4 is 23.1 Å². The Labute approximate surface area is 156 Å². The fourth-order valence-corrected chi connectivity index (χ4v) is 2.50. The Morgan fingerprint density at radius 3 is 2.70 bits per heavy atom. The summed E-state index contributed by atoms with van der Waals surface area (Å²) in [6.07, 6.45) is 0. The molecule has 2 N–H and O–H groups in total. The van der Waals surface area contributed by atoms with E-state index in [1.165, 1.54) is 18.2 Å². The van der Waals surface area contributed by atoms with Gasteiger partial charge in [0.05, 0.1) is 12.3 Å². The highest BCUT2D eigenvalue weighted by molar-refractivity contribution is 6.04. The Balaban J connectivity index is 1.82. The van der Waals surface area contributed by atoms with Crippen molar-refractivity contribution in [3.63, 3.8) is 0 Å². The van der Waals surface area contributed by atoms with Gasteiger partial charge in [0.2, 0.25) is 0 Å². The van der Waals surface area contributed by atoms with Crippen LogP contribution in [-0.2, 0) is 0 Å². The minimum absolute atomic E-state index is 0.188. The van der Waals surface area contributed by atoms with E-state index < -0.39 is 5.91 Å². The van der Waals surface area contributed by atoms with Gasteiger partial charge >= 0.3 is 0 Å². The van der Waals surface area contributed by atoms with Crippen molar-refractivity contribution in [1.29, 1.82) is 0 Å². The van der Waals surface area contributed by atoms with Gasteiger partial charge in [-0.25, -0.2) is 14.4 Å². The summed E-state index contributed by atoms with van der Waals surface area (Å²) in [4.78, 5) is 21.1. The van der Waals surface area contributed by atoms with Crippen LogP contribution in [0.3, 0.4) is 0 Å². The molecule has 0 aliphatic carbocycles. The quantitative estimate of drug-likeness (QED) is 0.679. The van der Waals surface area contributed by atoms with E-state index in [4.69, 9.17) is 4.74 Å². The summed E-state index contributed by atoms with van der Waals surface area (Å²) in [5.74, 6) is 0.638. The summed E-state index contributed by atoms with van der Waals surface area (Å²) in [7, 11) is 0. The maximum absolute atomic E-state index is 13.4. The molecule has 1 aromatic heterocycles. The van der Waals surface area contributed by atoms with Gasteiger partial charge in [0.15, 0.2) is 0 Å². The van der Waals surface area contributed by atoms with Crippen LogP contribution in [0.5, 0.6) is 5.75 Å². The lowest BCUT2D eigenvalue weighted by molar-refractivity contribution is 0.102. The first kappa shape index (κ1) is 18.3. The van der Waals surface area contributed by atoms with Crippen LogP contribution in [0.2, 0.25) is 0 Å². The highest BCUT2D eigenvalue weighted by Crippen LogP contribution is 2.24. The third-order valence-corrected chi connectivity index (χ3v) is 3.60. The minimum atomic E-state index is -0.394. The molecule has 0 radical (unpaired) electrons. The molecule has 0 saturated carbocycles. The van der Waals surface area contributed by atoms with Crippen molar-refractivity contribution in [1.82, 2.24) is 9.97 Å². The number of anilines is 3. The summed E-state index contributed by atoms with van der Waals surface area (Å²) >= 11 is 0. The van der Waals surface area contributed by atoms with Crippen molar-refractivity contribution in [3.05, 3.63) is 71.9 Å². The lowest BCUT2D eigenvalue weighted by atomic mass is 10.2. The van der Waals surface area contributed by atoms with Crippen molar-refractivity contribution in [2.24, 2.45) is 0 Å². The zero-order valence-electron chi connectivity index (χ0n) is 15.0. The third-order valence-electron chi connectivity index (χ3n) is 3.60. The summed E-state index contributed by atoms with van der Waals surface area (Å²) in [6, 6.07) is 14.7. The first-order chi connectivity index (χ1) is 13.0. The first-order valence-corrected chi connectivity index (χ1v) is 8.46. The lowest BCUT2D eigenvalue weighted by Gasteiger charge is -2.12. The number of ether oxygens (including phenoxy) is 1. The first-order valence-electron chi connectivity index (χ1n) is 8.46. The molecular weight excluding hydrogens is 347 g/mol. The van der Waals surface area contributed by atoms with E-state index in [0.717, 1.165) is 0 Å². The lowest BCUT2D eigenvalue weighted by Crippen LogP contribution is -2.16. The summed E-state index contributed by atoms with van der Waals surface area (Å²) < 4.78 is 18.9. The Kier molecular flexibility index (Phi) is 5.61. The second kappa shape index (κ2) is 8.27. The smallest absolute Gasteiger partial charge is 0.274 e.